The summed E-state index contributed by atoms with van der Waals surface area (Å²) in [6, 6.07) is 12.8. The summed E-state index contributed by atoms with van der Waals surface area (Å²) in [5, 5.41) is 0. The molecule has 1 amide bonds. The first-order valence-electron chi connectivity index (χ1n) is 10.3. The second kappa shape index (κ2) is 9.35. The van der Waals surface area contributed by atoms with Crippen molar-refractivity contribution in [3.05, 3.63) is 53.7 Å². The Bertz CT molecular complexity index is 1150. The number of hydrogen-bond donors (Lipinski definition) is 1. The Morgan fingerprint density at radius 2 is 1.94 bits per heavy atom. The monoisotopic (exact) mass is 416 g/mol. The maximum atomic E-state index is 11.8. The molecule has 0 radical (unpaired) electrons. The number of fused-ring (bicyclic) bond motifs is 1. The summed E-state index contributed by atoms with van der Waals surface area (Å²) in [5.74, 6) is 7.54. The number of aromatic nitrogens is 2. The van der Waals surface area contributed by atoms with Crippen molar-refractivity contribution in [2.75, 3.05) is 32.5 Å². The predicted molar refractivity (Wildman–Crippen MR) is 119 cm³/mol. The van der Waals surface area contributed by atoms with Crippen LogP contribution in [-0.2, 0) is 4.79 Å². The van der Waals surface area contributed by atoms with Crippen molar-refractivity contribution in [3.63, 3.8) is 0 Å². The van der Waals surface area contributed by atoms with E-state index in [1.165, 1.54) is 0 Å². The van der Waals surface area contributed by atoms with E-state index < -0.39 is 0 Å². The van der Waals surface area contributed by atoms with Gasteiger partial charge < -0.3 is 20.1 Å². The van der Waals surface area contributed by atoms with Gasteiger partial charge in [-0.3, -0.25) is 4.79 Å². The zero-order chi connectivity index (χ0) is 21.6. The van der Waals surface area contributed by atoms with Gasteiger partial charge >= 0.3 is 0 Å². The summed E-state index contributed by atoms with van der Waals surface area (Å²) in [4.78, 5) is 22.9. The molecule has 0 aliphatic carbocycles. The van der Waals surface area contributed by atoms with Gasteiger partial charge in [-0.2, -0.15) is 0 Å². The number of hydrogen-bond acceptors (Lipinski definition) is 6. The maximum Gasteiger partial charge on any atom is 0.249 e. The largest absolute Gasteiger partial charge is 0.497 e. The van der Waals surface area contributed by atoms with Crippen LogP contribution in [0.25, 0.3) is 11.0 Å². The van der Waals surface area contributed by atoms with Gasteiger partial charge in [-0.15, -0.1) is 0 Å². The van der Waals surface area contributed by atoms with E-state index in [4.69, 9.17) is 15.2 Å². The van der Waals surface area contributed by atoms with Crippen molar-refractivity contribution < 1.29 is 14.3 Å². The molecule has 1 aromatic heterocycles. The third-order valence-corrected chi connectivity index (χ3v) is 5.05. The summed E-state index contributed by atoms with van der Waals surface area (Å²) in [6.45, 7) is 1.94. The van der Waals surface area contributed by atoms with E-state index in [-0.39, 0.29) is 5.91 Å². The van der Waals surface area contributed by atoms with Crippen molar-refractivity contribution in [1.82, 2.24) is 14.9 Å². The van der Waals surface area contributed by atoms with Gasteiger partial charge in [0.1, 0.15) is 5.75 Å². The highest BCUT2D eigenvalue weighted by atomic mass is 16.5. The zero-order valence-corrected chi connectivity index (χ0v) is 17.4. The number of nitrogens with two attached hydrogens (primary N) is 1. The second-order valence-electron chi connectivity index (χ2n) is 7.29. The molecule has 3 aromatic rings. The highest BCUT2D eigenvalue weighted by Crippen LogP contribution is 2.21. The van der Waals surface area contributed by atoms with Crippen LogP contribution in [0.4, 0.5) is 5.69 Å². The van der Waals surface area contributed by atoms with Gasteiger partial charge in [0.25, 0.3) is 0 Å². The number of benzene rings is 2. The molecule has 1 aliphatic rings. The van der Waals surface area contributed by atoms with E-state index in [1.54, 1.807) is 19.2 Å². The van der Waals surface area contributed by atoms with E-state index in [2.05, 4.69) is 21.8 Å². The molecule has 0 saturated carbocycles. The van der Waals surface area contributed by atoms with Crippen molar-refractivity contribution in [2.45, 2.75) is 19.3 Å². The lowest BCUT2D eigenvalue weighted by atomic mass is 10.2. The lowest BCUT2D eigenvalue weighted by molar-refractivity contribution is -0.127. The number of ether oxygens (including phenoxy) is 2. The fourth-order valence-corrected chi connectivity index (χ4v) is 3.41. The molecule has 1 aliphatic heterocycles. The van der Waals surface area contributed by atoms with Crippen molar-refractivity contribution in [3.8, 4) is 23.5 Å². The standard InChI is InChI=1S/C24H24N4O3/c1-30-19-9-5-17(6-10-19)7-11-21-24(27-20-12-8-18(25)16-22(20)26-21)31-15-3-14-28-13-2-4-23(28)29/h5-6,8-10,12,16H,2-4,13-15,25H2,1H3. The van der Waals surface area contributed by atoms with Crippen molar-refractivity contribution in [1.29, 1.82) is 0 Å². The molecule has 1 saturated heterocycles. The van der Waals surface area contributed by atoms with Gasteiger partial charge in [-0.25, -0.2) is 9.97 Å². The van der Waals surface area contributed by atoms with Crippen LogP contribution in [-0.4, -0.2) is 47.6 Å². The minimum atomic E-state index is 0.217. The normalized spacial score (nSPS) is 13.2. The second-order valence-corrected chi connectivity index (χ2v) is 7.29. The highest BCUT2D eigenvalue weighted by Gasteiger charge is 2.19. The lowest BCUT2D eigenvalue weighted by Gasteiger charge is -2.15. The minimum Gasteiger partial charge on any atom is -0.497 e. The molecule has 7 heteroatoms. The molecule has 0 atom stereocenters. The molecular formula is C24H24N4O3. The van der Waals surface area contributed by atoms with Gasteiger partial charge in [0.2, 0.25) is 11.8 Å². The summed E-state index contributed by atoms with van der Waals surface area (Å²) in [7, 11) is 1.63. The molecule has 31 heavy (non-hydrogen) atoms. The molecule has 2 aromatic carbocycles. The van der Waals surface area contributed by atoms with Gasteiger partial charge in [-0.1, -0.05) is 5.92 Å². The third kappa shape index (κ3) is 5.04. The number of carbonyl (C=O) groups excluding carboxylic acids is 1. The third-order valence-electron chi connectivity index (χ3n) is 5.05. The Morgan fingerprint density at radius 1 is 1.10 bits per heavy atom. The Balaban J connectivity index is 1.54. The summed E-state index contributed by atoms with van der Waals surface area (Å²) in [5.41, 5.74) is 9.13. The lowest BCUT2D eigenvalue weighted by Crippen LogP contribution is -2.26. The van der Waals surface area contributed by atoms with Crippen LogP contribution in [0.2, 0.25) is 0 Å². The number of likely N-dealkylation sites (tertiary alicyclic amines) is 1. The van der Waals surface area contributed by atoms with Gasteiger partial charge in [-0.05, 0) is 61.2 Å². The molecule has 7 nitrogen and oxygen atoms in total. The molecule has 2 heterocycles. The smallest absolute Gasteiger partial charge is 0.249 e. The van der Waals surface area contributed by atoms with E-state index in [0.717, 1.165) is 30.7 Å². The Kier molecular flexibility index (Phi) is 6.18. The fourth-order valence-electron chi connectivity index (χ4n) is 3.41. The Morgan fingerprint density at radius 3 is 2.68 bits per heavy atom. The molecule has 0 bridgehead atoms. The molecular weight excluding hydrogens is 392 g/mol. The van der Waals surface area contributed by atoms with Crippen LogP contribution in [0.15, 0.2) is 42.5 Å². The van der Waals surface area contributed by atoms with E-state index in [9.17, 15) is 4.79 Å². The number of anilines is 1. The fraction of sp³-hybridized carbons (Fsp3) is 0.292. The Labute approximate surface area is 181 Å². The topological polar surface area (TPSA) is 90.6 Å². The predicted octanol–water partition coefficient (Wildman–Crippen LogP) is 3.01. The number of nitrogen functional groups attached to an aromatic ring is 1. The van der Waals surface area contributed by atoms with Crippen LogP contribution < -0.4 is 15.2 Å². The Hall–Kier alpha value is -3.79. The molecule has 158 valence electrons. The van der Waals surface area contributed by atoms with Crippen LogP contribution in [0.5, 0.6) is 11.6 Å². The van der Waals surface area contributed by atoms with E-state index in [0.29, 0.717) is 47.9 Å². The summed E-state index contributed by atoms with van der Waals surface area (Å²) in [6.07, 6.45) is 2.30. The number of methoxy groups -OCH3 is 1. The molecule has 0 spiro atoms. The zero-order valence-electron chi connectivity index (χ0n) is 17.4. The number of amides is 1. The van der Waals surface area contributed by atoms with Crippen molar-refractivity contribution in [2.24, 2.45) is 0 Å². The minimum absolute atomic E-state index is 0.217. The van der Waals surface area contributed by atoms with Gasteiger partial charge in [0.05, 0.1) is 24.8 Å². The van der Waals surface area contributed by atoms with E-state index >= 15 is 0 Å². The van der Waals surface area contributed by atoms with Crippen LogP contribution in [0, 0.1) is 11.8 Å². The number of nitrogens with zero attached hydrogens (tertiary/aromatic N) is 3. The molecule has 1 fully saturated rings. The average molecular weight is 416 g/mol. The molecule has 2 N–H and O–H groups in total. The quantitative estimate of drug-likeness (QED) is 0.377. The van der Waals surface area contributed by atoms with Crippen molar-refractivity contribution >= 4 is 22.6 Å². The SMILES string of the molecule is COc1ccc(C#Cc2nc3cc(N)ccc3nc2OCCCN2CCCC2=O)cc1. The van der Waals surface area contributed by atoms with Crippen LogP contribution in [0.3, 0.4) is 0 Å². The average Bonchev–Trinajstić information content (AvgIpc) is 3.20. The van der Waals surface area contributed by atoms with Gasteiger partial charge in [0, 0.05) is 30.8 Å². The highest BCUT2D eigenvalue weighted by molar-refractivity contribution is 5.79. The van der Waals surface area contributed by atoms with Crippen LogP contribution in [0.1, 0.15) is 30.5 Å². The first-order chi connectivity index (χ1) is 15.1. The van der Waals surface area contributed by atoms with E-state index in [1.807, 2.05) is 35.2 Å². The molecule has 0 unspecified atom stereocenters. The first-order valence-corrected chi connectivity index (χ1v) is 10.3. The summed E-state index contributed by atoms with van der Waals surface area (Å²) < 4.78 is 11.1. The maximum absolute atomic E-state index is 11.8. The number of rotatable bonds is 6. The molecule has 4 rings (SSSR count). The number of carbonyl (C=O) groups is 1. The van der Waals surface area contributed by atoms with Crippen LogP contribution >= 0.6 is 0 Å². The van der Waals surface area contributed by atoms with Gasteiger partial charge in [0.15, 0.2) is 5.69 Å². The first kappa shape index (κ1) is 20.5. The summed E-state index contributed by atoms with van der Waals surface area (Å²) >= 11 is 0.